The molecular formula is C21H21FN4O5S2. The Morgan fingerprint density at radius 1 is 1.18 bits per heavy atom. The van der Waals surface area contributed by atoms with Gasteiger partial charge < -0.3 is 14.8 Å². The summed E-state index contributed by atoms with van der Waals surface area (Å²) in [4.78, 5) is 12.5. The summed E-state index contributed by atoms with van der Waals surface area (Å²) in [6, 6.07) is 9.49. The number of benzene rings is 2. The topological polar surface area (TPSA) is 111 Å². The molecule has 12 heteroatoms. The molecule has 1 aliphatic heterocycles. The molecule has 2 heterocycles. The van der Waals surface area contributed by atoms with Crippen molar-refractivity contribution in [3.05, 3.63) is 58.3 Å². The Morgan fingerprint density at radius 3 is 2.73 bits per heavy atom. The molecule has 1 aliphatic rings. The summed E-state index contributed by atoms with van der Waals surface area (Å²) >= 11 is 1.00. The number of hydrogen-bond donors (Lipinski definition) is 1. The standard InChI is InChI=1S/C21H21FN4O5S2/c1-30-15-8-9-17(31-2)18(12-15)33(28,29)26-10-4-7-16(26)20-24-25-21(32-20)19(27)23-14-6-3-5-13(22)11-14/h3,5-6,8-9,11-12,16H,4,7,10H2,1-2H3,(H,23,27)/t16-/m0/s1. The van der Waals surface area contributed by atoms with E-state index < -0.39 is 27.8 Å². The zero-order valence-electron chi connectivity index (χ0n) is 17.8. The normalized spacial score (nSPS) is 16.5. The van der Waals surface area contributed by atoms with Crippen molar-refractivity contribution in [2.75, 3.05) is 26.1 Å². The second-order valence-electron chi connectivity index (χ2n) is 7.20. The lowest BCUT2D eigenvalue weighted by molar-refractivity contribution is 0.102. The van der Waals surface area contributed by atoms with Crippen LogP contribution >= 0.6 is 11.3 Å². The average molecular weight is 493 g/mol. The van der Waals surface area contributed by atoms with E-state index in [0.29, 0.717) is 23.6 Å². The van der Waals surface area contributed by atoms with Crippen molar-refractivity contribution in [2.24, 2.45) is 0 Å². The van der Waals surface area contributed by atoms with E-state index >= 15 is 0 Å². The van der Waals surface area contributed by atoms with Gasteiger partial charge >= 0.3 is 0 Å². The second kappa shape index (κ2) is 9.41. The lowest BCUT2D eigenvalue weighted by Gasteiger charge is -2.23. The zero-order valence-corrected chi connectivity index (χ0v) is 19.5. The highest BCUT2D eigenvalue weighted by Gasteiger charge is 2.40. The minimum atomic E-state index is -3.95. The van der Waals surface area contributed by atoms with Gasteiger partial charge in [0.05, 0.1) is 20.3 Å². The summed E-state index contributed by atoms with van der Waals surface area (Å²) in [5.41, 5.74) is 0.284. The number of nitrogens with one attached hydrogen (secondary N) is 1. The van der Waals surface area contributed by atoms with E-state index in [0.717, 1.165) is 11.3 Å². The van der Waals surface area contributed by atoms with Crippen molar-refractivity contribution >= 4 is 33.0 Å². The fourth-order valence-corrected chi connectivity index (χ4v) is 6.38. The number of rotatable bonds is 7. The molecule has 0 radical (unpaired) electrons. The third kappa shape index (κ3) is 4.68. The number of hydrogen-bond acceptors (Lipinski definition) is 8. The molecule has 9 nitrogen and oxygen atoms in total. The van der Waals surface area contributed by atoms with Crippen LogP contribution in [0.5, 0.6) is 11.5 Å². The van der Waals surface area contributed by atoms with E-state index in [9.17, 15) is 17.6 Å². The molecule has 1 atom stereocenters. The lowest BCUT2D eigenvalue weighted by Crippen LogP contribution is -2.31. The molecule has 2 aromatic carbocycles. The summed E-state index contributed by atoms with van der Waals surface area (Å²) in [7, 11) is -1.10. The van der Waals surface area contributed by atoms with Crippen molar-refractivity contribution in [1.82, 2.24) is 14.5 Å². The zero-order chi connectivity index (χ0) is 23.6. The molecule has 0 aliphatic carbocycles. The van der Waals surface area contributed by atoms with Crippen LogP contribution in [-0.2, 0) is 10.0 Å². The second-order valence-corrected chi connectivity index (χ2v) is 10.1. The molecule has 4 rings (SSSR count). The van der Waals surface area contributed by atoms with Crippen LogP contribution in [0, 0.1) is 5.82 Å². The minimum absolute atomic E-state index is 0.00941. The molecule has 3 aromatic rings. The van der Waals surface area contributed by atoms with E-state index in [4.69, 9.17) is 9.47 Å². The number of aromatic nitrogens is 2. The van der Waals surface area contributed by atoms with E-state index in [-0.39, 0.29) is 27.9 Å². The Balaban J connectivity index is 1.59. The molecule has 0 unspecified atom stereocenters. The molecule has 1 aromatic heterocycles. The third-order valence-corrected chi connectivity index (χ3v) is 8.12. The summed E-state index contributed by atoms with van der Waals surface area (Å²) in [5, 5.41) is 11.0. The highest BCUT2D eigenvalue weighted by molar-refractivity contribution is 7.89. The van der Waals surface area contributed by atoms with Crippen LogP contribution in [0.3, 0.4) is 0 Å². The molecule has 1 saturated heterocycles. The van der Waals surface area contributed by atoms with Crippen LogP contribution in [0.25, 0.3) is 0 Å². The number of methoxy groups -OCH3 is 2. The number of halogens is 1. The SMILES string of the molecule is COc1ccc(OC)c(S(=O)(=O)N2CCC[C@H]2c2nnc(C(=O)Nc3cccc(F)c3)s2)c1. The van der Waals surface area contributed by atoms with Crippen molar-refractivity contribution < 1.29 is 27.1 Å². The van der Waals surface area contributed by atoms with Gasteiger partial charge in [-0.2, -0.15) is 4.31 Å². The van der Waals surface area contributed by atoms with Gasteiger partial charge in [-0.05, 0) is 43.2 Å². The monoisotopic (exact) mass is 492 g/mol. The maximum Gasteiger partial charge on any atom is 0.286 e. The molecule has 1 amide bonds. The third-order valence-electron chi connectivity index (χ3n) is 5.16. The fraction of sp³-hybridized carbons (Fsp3) is 0.286. The van der Waals surface area contributed by atoms with Gasteiger partial charge in [-0.25, -0.2) is 12.8 Å². The predicted molar refractivity (Wildman–Crippen MR) is 120 cm³/mol. The maximum absolute atomic E-state index is 13.5. The van der Waals surface area contributed by atoms with Crippen molar-refractivity contribution in [1.29, 1.82) is 0 Å². The Morgan fingerprint density at radius 2 is 2.00 bits per heavy atom. The first-order valence-corrected chi connectivity index (χ1v) is 12.2. The van der Waals surface area contributed by atoms with Crippen LogP contribution in [0.4, 0.5) is 10.1 Å². The number of amides is 1. The minimum Gasteiger partial charge on any atom is -0.497 e. The van der Waals surface area contributed by atoms with E-state index in [2.05, 4.69) is 15.5 Å². The van der Waals surface area contributed by atoms with Gasteiger partial charge in [0.2, 0.25) is 15.0 Å². The van der Waals surface area contributed by atoms with Crippen LogP contribution < -0.4 is 14.8 Å². The number of anilines is 1. The van der Waals surface area contributed by atoms with Crippen LogP contribution in [0.15, 0.2) is 47.4 Å². The first-order chi connectivity index (χ1) is 15.8. The van der Waals surface area contributed by atoms with Gasteiger partial charge in [-0.15, -0.1) is 10.2 Å². The molecule has 1 fully saturated rings. The summed E-state index contributed by atoms with van der Waals surface area (Å²) < 4.78 is 52.2. The fourth-order valence-electron chi connectivity index (χ4n) is 3.60. The smallest absolute Gasteiger partial charge is 0.286 e. The van der Waals surface area contributed by atoms with E-state index in [1.54, 1.807) is 12.1 Å². The van der Waals surface area contributed by atoms with Crippen LogP contribution in [0.2, 0.25) is 0 Å². The van der Waals surface area contributed by atoms with Crippen LogP contribution in [-0.4, -0.2) is 49.6 Å². The molecule has 33 heavy (non-hydrogen) atoms. The summed E-state index contributed by atoms with van der Waals surface area (Å²) in [5.74, 6) is -0.442. The highest BCUT2D eigenvalue weighted by atomic mass is 32.2. The van der Waals surface area contributed by atoms with Gasteiger partial charge in [0.1, 0.15) is 27.2 Å². The summed E-state index contributed by atoms with van der Waals surface area (Å²) in [6.45, 7) is 0.289. The van der Waals surface area contributed by atoms with Crippen molar-refractivity contribution in [2.45, 2.75) is 23.8 Å². The first-order valence-electron chi connectivity index (χ1n) is 9.97. The number of carbonyl (C=O) groups excluding carboxylic acids is 1. The van der Waals surface area contributed by atoms with Crippen LogP contribution in [0.1, 0.15) is 33.7 Å². The summed E-state index contributed by atoms with van der Waals surface area (Å²) in [6.07, 6.45) is 1.16. The van der Waals surface area contributed by atoms with Gasteiger partial charge in [0, 0.05) is 18.3 Å². The van der Waals surface area contributed by atoms with Gasteiger partial charge in [-0.1, -0.05) is 17.4 Å². The van der Waals surface area contributed by atoms with E-state index in [1.165, 1.54) is 48.9 Å². The molecule has 0 bridgehead atoms. The van der Waals surface area contributed by atoms with Crippen molar-refractivity contribution in [3.8, 4) is 11.5 Å². The molecule has 1 N–H and O–H groups in total. The van der Waals surface area contributed by atoms with Gasteiger partial charge in [-0.3, -0.25) is 4.79 Å². The van der Waals surface area contributed by atoms with Gasteiger partial charge in [0.25, 0.3) is 5.91 Å². The number of sulfonamides is 1. The largest absolute Gasteiger partial charge is 0.497 e. The number of ether oxygens (including phenoxy) is 2. The molecule has 0 saturated carbocycles. The average Bonchev–Trinajstić information content (AvgIpc) is 3.48. The van der Waals surface area contributed by atoms with Crippen molar-refractivity contribution in [3.63, 3.8) is 0 Å². The molecular weight excluding hydrogens is 471 g/mol. The number of nitrogens with zero attached hydrogens (tertiary/aromatic N) is 3. The Labute approximate surface area is 194 Å². The molecule has 174 valence electrons. The Bertz CT molecular complexity index is 1280. The predicted octanol–water partition coefficient (Wildman–Crippen LogP) is 3.47. The Kier molecular flexibility index (Phi) is 6.58. The lowest BCUT2D eigenvalue weighted by atomic mass is 10.2. The van der Waals surface area contributed by atoms with Gasteiger partial charge in [0.15, 0.2) is 0 Å². The number of carbonyl (C=O) groups is 1. The van der Waals surface area contributed by atoms with E-state index in [1.807, 2.05) is 0 Å². The highest BCUT2D eigenvalue weighted by Crippen LogP contribution is 2.40. The first kappa shape index (κ1) is 23.1. The maximum atomic E-state index is 13.5. The molecule has 0 spiro atoms. The Hall–Kier alpha value is -3.09. The quantitative estimate of drug-likeness (QED) is 0.538.